The highest BCUT2D eigenvalue weighted by molar-refractivity contribution is 8.02. The summed E-state index contributed by atoms with van der Waals surface area (Å²) >= 11 is 1.25. The molecule has 1 aliphatic carbocycles. The van der Waals surface area contributed by atoms with E-state index in [-0.39, 0.29) is 18.8 Å². The molecule has 0 saturated heterocycles. The average molecular weight is 348 g/mol. The maximum absolute atomic E-state index is 12.0. The molecule has 6 nitrogen and oxygen atoms in total. The lowest BCUT2D eigenvalue weighted by atomic mass is 9.95. The van der Waals surface area contributed by atoms with Gasteiger partial charge < -0.3 is 9.47 Å². The summed E-state index contributed by atoms with van der Waals surface area (Å²) in [6, 6.07) is 3.88. The molecule has 0 spiro atoms. The topological polar surface area (TPSA) is 100 Å². The number of allylic oxidation sites excluding steroid dienone is 1. The summed E-state index contributed by atoms with van der Waals surface area (Å²) in [6.45, 7) is 3.70. The van der Waals surface area contributed by atoms with Crippen LogP contribution in [0, 0.1) is 28.6 Å². The molecule has 0 bridgehead atoms. The Morgan fingerprint density at radius 3 is 2.38 bits per heavy atom. The number of carbonyl (C=O) groups excluding carboxylic acids is 2. The molecule has 0 heterocycles. The first kappa shape index (κ1) is 19.8. The zero-order valence-corrected chi connectivity index (χ0v) is 14.9. The Balaban J connectivity index is 3.41. The number of nitriles is 2. The Bertz CT molecular complexity index is 652. The zero-order chi connectivity index (χ0) is 18.1. The summed E-state index contributed by atoms with van der Waals surface area (Å²) in [5, 5.41) is 18.7. The summed E-state index contributed by atoms with van der Waals surface area (Å²) in [7, 11) is 0. The Hall–Kier alpha value is -2.25. The van der Waals surface area contributed by atoms with Crippen LogP contribution in [0.2, 0.25) is 0 Å². The van der Waals surface area contributed by atoms with Gasteiger partial charge in [0.1, 0.15) is 6.07 Å². The second kappa shape index (κ2) is 9.79. The van der Waals surface area contributed by atoms with E-state index in [1.54, 1.807) is 20.1 Å². The van der Waals surface area contributed by atoms with Crippen LogP contribution in [0.1, 0.15) is 33.1 Å². The number of thioether (sulfide) groups is 1. The minimum absolute atomic E-state index is 0.0840. The molecule has 24 heavy (non-hydrogen) atoms. The van der Waals surface area contributed by atoms with Crippen LogP contribution in [0.15, 0.2) is 21.6 Å². The number of nitrogens with zero attached hydrogens (tertiary/aromatic N) is 2. The van der Waals surface area contributed by atoms with Gasteiger partial charge >= 0.3 is 11.9 Å². The molecule has 0 aromatic heterocycles. The number of carbonyl (C=O) groups is 2. The van der Waals surface area contributed by atoms with E-state index in [2.05, 4.69) is 0 Å². The Kier molecular flexibility index (Phi) is 8.08. The fourth-order valence-electron chi connectivity index (χ4n) is 2.61. The van der Waals surface area contributed by atoms with Crippen molar-refractivity contribution < 1.29 is 19.1 Å². The Labute approximate surface area is 146 Å². The number of hydrogen-bond acceptors (Lipinski definition) is 7. The van der Waals surface area contributed by atoms with Gasteiger partial charge in [0.15, 0.2) is 11.5 Å². The maximum atomic E-state index is 12.0. The molecule has 1 rings (SSSR count). The zero-order valence-electron chi connectivity index (χ0n) is 14.0. The van der Waals surface area contributed by atoms with Crippen molar-refractivity contribution >= 4 is 23.7 Å². The molecule has 0 N–H and O–H groups in total. The first-order valence-electron chi connectivity index (χ1n) is 7.69. The standard InChI is InChI=1S/C17H20N2O4S/c1-4-22-16(20)13(9-18)11-7-6-8-12(11)15(24-3)14(10-19)17(21)23-5-2/h13H,4-8H2,1-3H3/b15-14+. The van der Waals surface area contributed by atoms with Crippen LogP contribution in [0.25, 0.3) is 0 Å². The van der Waals surface area contributed by atoms with Gasteiger partial charge in [-0.25, -0.2) is 4.79 Å². The van der Waals surface area contributed by atoms with E-state index in [4.69, 9.17) is 9.47 Å². The van der Waals surface area contributed by atoms with E-state index in [9.17, 15) is 20.1 Å². The van der Waals surface area contributed by atoms with E-state index in [1.165, 1.54) is 11.8 Å². The highest BCUT2D eigenvalue weighted by Crippen LogP contribution is 2.41. The van der Waals surface area contributed by atoms with Crippen molar-refractivity contribution in [2.24, 2.45) is 5.92 Å². The molecule has 0 aromatic carbocycles. The van der Waals surface area contributed by atoms with Crippen LogP contribution in [-0.4, -0.2) is 31.4 Å². The third-order valence-corrected chi connectivity index (χ3v) is 4.42. The van der Waals surface area contributed by atoms with Gasteiger partial charge in [-0.15, -0.1) is 11.8 Å². The van der Waals surface area contributed by atoms with Crippen LogP contribution in [0.5, 0.6) is 0 Å². The van der Waals surface area contributed by atoms with Gasteiger partial charge in [0.2, 0.25) is 0 Å². The highest BCUT2D eigenvalue weighted by atomic mass is 32.2. The minimum atomic E-state index is -1.01. The van der Waals surface area contributed by atoms with Gasteiger partial charge in [0.25, 0.3) is 0 Å². The fraction of sp³-hybridized carbons (Fsp3) is 0.529. The first-order chi connectivity index (χ1) is 11.5. The molecule has 0 radical (unpaired) electrons. The van der Waals surface area contributed by atoms with Crippen molar-refractivity contribution in [3.8, 4) is 12.1 Å². The molecule has 0 saturated carbocycles. The first-order valence-corrected chi connectivity index (χ1v) is 8.92. The van der Waals surface area contributed by atoms with Crippen LogP contribution in [0.3, 0.4) is 0 Å². The second-order valence-corrected chi connectivity index (χ2v) is 5.73. The lowest BCUT2D eigenvalue weighted by Gasteiger charge is -2.15. The molecule has 1 aliphatic rings. The molecule has 0 aliphatic heterocycles. The van der Waals surface area contributed by atoms with E-state index < -0.39 is 17.9 Å². The van der Waals surface area contributed by atoms with Gasteiger partial charge in [0.05, 0.1) is 19.3 Å². The van der Waals surface area contributed by atoms with Crippen molar-refractivity contribution in [3.63, 3.8) is 0 Å². The van der Waals surface area contributed by atoms with E-state index in [1.807, 2.05) is 12.1 Å². The van der Waals surface area contributed by atoms with Gasteiger partial charge in [-0.05, 0) is 50.5 Å². The molecule has 0 fully saturated rings. The van der Waals surface area contributed by atoms with Crippen LogP contribution in [-0.2, 0) is 19.1 Å². The molecule has 1 atom stereocenters. The molecular formula is C17H20N2O4S. The largest absolute Gasteiger partial charge is 0.465 e. The number of ether oxygens (including phenoxy) is 2. The maximum Gasteiger partial charge on any atom is 0.350 e. The van der Waals surface area contributed by atoms with Crippen LogP contribution < -0.4 is 0 Å². The molecule has 0 amide bonds. The number of esters is 2. The average Bonchev–Trinajstić information content (AvgIpc) is 3.02. The summed E-state index contributed by atoms with van der Waals surface area (Å²) in [5.74, 6) is -2.29. The summed E-state index contributed by atoms with van der Waals surface area (Å²) in [6.07, 6.45) is 3.68. The quantitative estimate of drug-likeness (QED) is 0.396. The van der Waals surface area contributed by atoms with Crippen molar-refractivity contribution in [3.05, 3.63) is 21.6 Å². The smallest absolute Gasteiger partial charge is 0.350 e. The third kappa shape index (κ3) is 4.39. The summed E-state index contributed by atoms with van der Waals surface area (Å²) in [5.41, 5.74) is 1.27. The fourth-order valence-corrected chi connectivity index (χ4v) is 3.42. The minimum Gasteiger partial charge on any atom is -0.465 e. The van der Waals surface area contributed by atoms with Crippen molar-refractivity contribution in [1.29, 1.82) is 10.5 Å². The lowest BCUT2D eigenvalue weighted by Crippen LogP contribution is -2.19. The van der Waals surface area contributed by atoms with Crippen molar-refractivity contribution in [2.75, 3.05) is 19.5 Å². The summed E-state index contributed by atoms with van der Waals surface area (Å²) < 4.78 is 9.90. The Morgan fingerprint density at radius 2 is 1.88 bits per heavy atom. The number of rotatable bonds is 7. The molecule has 128 valence electrons. The predicted octanol–water partition coefficient (Wildman–Crippen LogP) is 2.87. The third-order valence-electron chi connectivity index (χ3n) is 3.56. The molecule has 1 unspecified atom stereocenters. The van der Waals surface area contributed by atoms with Crippen LogP contribution >= 0.6 is 11.8 Å². The highest BCUT2D eigenvalue weighted by Gasteiger charge is 2.32. The number of hydrogen-bond donors (Lipinski definition) is 0. The normalized spacial score (nSPS) is 15.9. The van der Waals surface area contributed by atoms with Crippen LogP contribution in [0.4, 0.5) is 0 Å². The summed E-state index contributed by atoms with van der Waals surface area (Å²) in [4.78, 5) is 24.5. The molecule has 7 heteroatoms. The van der Waals surface area contributed by atoms with Crippen molar-refractivity contribution in [1.82, 2.24) is 0 Å². The molecular weight excluding hydrogens is 328 g/mol. The van der Waals surface area contributed by atoms with Gasteiger partial charge in [-0.1, -0.05) is 0 Å². The monoisotopic (exact) mass is 348 g/mol. The second-order valence-electron chi connectivity index (χ2n) is 4.91. The van der Waals surface area contributed by atoms with E-state index in [0.29, 0.717) is 28.9 Å². The SMILES string of the molecule is CCOC(=O)/C(C#N)=C(/SC)C1=C(C(C#N)C(=O)OCC)CCC1. The van der Waals surface area contributed by atoms with E-state index >= 15 is 0 Å². The molecule has 0 aromatic rings. The van der Waals surface area contributed by atoms with Gasteiger partial charge in [-0.3, -0.25) is 4.79 Å². The van der Waals surface area contributed by atoms with E-state index in [0.717, 1.165) is 6.42 Å². The predicted molar refractivity (Wildman–Crippen MR) is 89.4 cm³/mol. The Morgan fingerprint density at radius 1 is 1.21 bits per heavy atom. The van der Waals surface area contributed by atoms with Crippen molar-refractivity contribution in [2.45, 2.75) is 33.1 Å². The lowest BCUT2D eigenvalue weighted by molar-refractivity contribution is -0.145. The van der Waals surface area contributed by atoms with Gasteiger partial charge in [-0.2, -0.15) is 10.5 Å². The van der Waals surface area contributed by atoms with Gasteiger partial charge in [0, 0.05) is 4.91 Å².